The van der Waals surface area contributed by atoms with E-state index in [-0.39, 0.29) is 28.7 Å². The summed E-state index contributed by atoms with van der Waals surface area (Å²) < 4.78 is 62.2. The molecule has 0 saturated heterocycles. The molecule has 1 aromatic heterocycles. The molecule has 1 heterocycles. The van der Waals surface area contributed by atoms with Gasteiger partial charge in [-0.25, -0.2) is 22.0 Å². The number of halogens is 2. The Morgan fingerprint density at radius 3 is 2.73 bits per heavy atom. The average molecular weight is 401 g/mol. The van der Waals surface area contributed by atoms with Gasteiger partial charge in [0.25, 0.3) is 0 Å². The highest BCUT2D eigenvalue weighted by molar-refractivity contribution is 7.89. The molecule has 2 rings (SSSR count). The van der Waals surface area contributed by atoms with Crippen LogP contribution < -0.4 is 9.46 Å². The average Bonchev–Trinajstić information content (AvgIpc) is 3.09. The van der Waals surface area contributed by atoms with Crippen LogP contribution in [0.15, 0.2) is 34.5 Å². The molecule has 138 valence electrons. The van der Waals surface area contributed by atoms with Gasteiger partial charge in [-0.1, -0.05) is 11.8 Å². The van der Waals surface area contributed by atoms with Crippen molar-refractivity contribution >= 4 is 27.3 Å². The predicted octanol–water partition coefficient (Wildman–Crippen LogP) is 2.17. The van der Waals surface area contributed by atoms with E-state index in [4.69, 9.17) is 4.74 Å². The van der Waals surface area contributed by atoms with Gasteiger partial charge in [0.1, 0.15) is 22.2 Å². The van der Waals surface area contributed by atoms with E-state index in [9.17, 15) is 22.0 Å². The van der Waals surface area contributed by atoms with Crippen molar-refractivity contribution in [2.75, 3.05) is 20.3 Å². The summed E-state index contributed by atoms with van der Waals surface area (Å²) in [5, 5.41) is 1.46. The van der Waals surface area contributed by atoms with Crippen LogP contribution in [-0.4, -0.2) is 34.6 Å². The molecule has 0 aliphatic rings. The third-order valence-electron chi connectivity index (χ3n) is 2.96. The number of carbonyl (C=O) groups is 1. The molecule has 0 bridgehead atoms. The van der Waals surface area contributed by atoms with Crippen molar-refractivity contribution in [3.8, 4) is 17.6 Å². The zero-order valence-electron chi connectivity index (χ0n) is 13.4. The highest BCUT2D eigenvalue weighted by Gasteiger charge is 2.23. The molecule has 0 saturated carbocycles. The summed E-state index contributed by atoms with van der Waals surface area (Å²) >= 11 is 0.944. The van der Waals surface area contributed by atoms with Gasteiger partial charge >= 0.3 is 5.97 Å². The van der Waals surface area contributed by atoms with E-state index in [1.54, 1.807) is 0 Å². The van der Waals surface area contributed by atoms with Gasteiger partial charge in [0.15, 0.2) is 11.6 Å². The molecule has 1 aromatic carbocycles. The van der Waals surface area contributed by atoms with Gasteiger partial charge in [0.2, 0.25) is 10.0 Å². The first-order valence-corrected chi connectivity index (χ1v) is 9.40. The first kappa shape index (κ1) is 19.8. The van der Waals surface area contributed by atoms with Crippen LogP contribution >= 0.6 is 11.3 Å². The fourth-order valence-corrected chi connectivity index (χ4v) is 4.03. The molecule has 6 nitrogen and oxygen atoms in total. The first-order valence-electron chi connectivity index (χ1n) is 7.04. The van der Waals surface area contributed by atoms with Gasteiger partial charge in [-0.3, -0.25) is 0 Å². The molecule has 2 aromatic rings. The van der Waals surface area contributed by atoms with Gasteiger partial charge in [0.05, 0.1) is 13.7 Å². The first-order chi connectivity index (χ1) is 12.3. The lowest BCUT2D eigenvalue weighted by atomic mass is 10.3. The number of ether oxygens (including phenoxy) is 2. The lowest BCUT2D eigenvalue weighted by Crippen LogP contribution is -2.25. The van der Waals surface area contributed by atoms with Gasteiger partial charge in [-0.05, 0) is 23.6 Å². The van der Waals surface area contributed by atoms with Crippen molar-refractivity contribution in [1.29, 1.82) is 0 Å². The number of rotatable bonds is 6. The Hall–Kier alpha value is -2.48. The molecule has 0 aliphatic carbocycles. The minimum atomic E-state index is -3.94. The molecule has 0 amide bonds. The lowest BCUT2D eigenvalue weighted by molar-refractivity contribution is 0.0602. The van der Waals surface area contributed by atoms with Crippen molar-refractivity contribution in [2.45, 2.75) is 4.90 Å². The number of nitrogens with one attached hydrogen (secondary N) is 1. The summed E-state index contributed by atoms with van der Waals surface area (Å²) in [6.07, 6.45) is 0. The van der Waals surface area contributed by atoms with Crippen LogP contribution in [0.25, 0.3) is 0 Å². The van der Waals surface area contributed by atoms with E-state index in [0.29, 0.717) is 6.07 Å². The molecule has 0 atom stereocenters. The largest absolute Gasteiger partial charge is 0.478 e. The molecule has 0 unspecified atom stereocenters. The molecule has 0 aliphatic heterocycles. The van der Waals surface area contributed by atoms with E-state index in [1.807, 2.05) is 0 Å². The summed E-state index contributed by atoms with van der Waals surface area (Å²) in [7, 11) is -2.78. The van der Waals surface area contributed by atoms with Crippen molar-refractivity contribution in [3.63, 3.8) is 0 Å². The van der Waals surface area contributed by atoms with Crippen molar-refractivity contribution in [1.82, 2.24) is 4.72 Å². The Kier molecular flexibility index (Phi) is 6.68. The molecule has 26 heavy (non-hydrogen) atoms. The minimum Gasteiger partial charge on any atom is -0.478 e. The molecular formula is C16H13F2NO5S2. The smallest absolute Gasteiger partial charge is 0.349 e. The molecular weight excluding hydrogens is 388 g/mol. The fourth-order valence-electron chi connectivity index (χ4n) is 1.78. The third-order valence-corrected chi connectivity index (χ3v) is 5.43. The fraction of sp³-hybridized carbons (Fsp3) is 0.188. The Bertz CT molecular complexity index is 961. The normalized spacial score (nSPS) is 10.7. The molecule has 10 heteroatoms. The molecule has 0 radical (unpaired) electrons. The van der Waals surface area contributed by atoms with Crippen molar-refractivity contribution in [3.05, 3.63) is 46.2 Å². The standard InChI is InChI=1S/C16H13F2NO5S2/c1-23-16(20)15-14(6-9-25-15)26(21,22)19-7-2-3-8-24-13-5-4-11(17)10-12(13)18/h4-6,9-10,19H,7-8H2,1H3. The maximum Gasteiger partial charge on any atom is 0.349 e. The quantitative estimate of drug-likeness (QED) is 0.593. The highest BCUT2D eigenvalue weighted by Crippen LogP contribution is 2.22. The summed E-state index contributed by atoms with van der Waals surface area (Å²) in [6, 6.07) is 4.13. The van der Waals surface area contributed by atoms with Crippen LogP contribution in [0.4, 0.5) is 8.78 Å². The molecule has 1 N–H and O–H groups in total. The maximum atomic E-state index is 13.3. The summed E-state index contributed by atoms with van der Waals surface area (Å²) in [5.74, 6) is 2.49. The number of sulfonamides is 1. The molecule has 0 spiro atoms. The predicted molar refractivity (Wildman–Crippen MR) is 90.5 cm³/mol. The Labute approximate surface area is 152 Å². The number of methoxy groups -OCH3 is 1. The highest BCUT2D eigenvalue weighted by atomic mass is 32.2. The zero-order valence-corrected chi connectivity index (χ0v) is 15.0. The summed E-state index contributed by atoms with van der Waals surface area (Å²) in [4.78, 5) is 11.3. The number of thiophene rings is 1. The van der Waals surface area contributed by atoms with Gasteiger partial charge < -0.3 is 9.47 Å². The number of esters is 1. The second-order valence-corrected chi connectivity index (χ2v) is 7.30. The monoisotopic (exact) mass is 401 g/mol. The van der Waals surface area contributed by atoms with Crippen molar-refractivity contribution < 1.29 is 31.5 Å². The Morgan fingerprint density at radius 1 is 1.27 bits per heavy atom. The summed E-state index contributed by atoms with van der Waals surface area (Å²) in [5.41, 5.74) is 0. The maximum absolute atomic E-state index is 13.3. The Morgan fingerprint density at radius 2 is 2.04 bits per heavy atom. The second-order valence-electron chi connectivity index (χ2n) is 4.65. The van der Waals surface area contributed by atoms with Gasteiger partial charge in [-0.15, -0.1) is 11.3 Å². The van der Waals surface area contributed by atoms with E-state index in [2.05, 4.69) is 21.3 Å². The van der Waals surface area contributed by atoms with Crippen LogP contribution in [0.3, 0.4) is 0 Å². The van der Waals surface area contributed by atoms with Crippen LogP contribution in [0.5, 0.6) is 5.75 Å². The van der Waals surface area contributed by atoms with E-state index >= 15 is 0 Å². The summed E-state index contributed by atoms with van der Waals surface area (Å²) in [6.45, 7) is -0.454. The van der Waals surface area contributed by atoms with Gasteiger partial charge in [0, 0.05) is 6.07 Å². The number of hydrogen-bond donors (Lipinski definition) is 1. The van der Waals surface area contributed by atoms with Crippen LogP contribution in [0.2, 0.25) is 0 Å². The van der Waals surface area contributed by atoms with Gasteiger partial charge in [-0.2, -0.15) is 4.72 Å². The van der Waals surface area contributed by atoms with Crippen molar-refractivity contribution in [2.24, 2.45) is 0 Å². The second kappa shape index (κ2) is 8.75. The number of hydrogen-bond acceptors (Lipinski definition) is 6. The van der Waals surface area contributed by atoms with E-state index in [1.165, 1.54) is 11.4 Å². The minimum absolute atomic E-state index is 0.0388. The zero-order chi connectivity index (χ0) is 19.2. The van der Waals surface area contributed by atoms with E-state index in [0.717, 1.165) is 30.6 Å². The number of carbonyl (C=O) groups excluding carboxylic acids is 1. The SMILES string of the molecule is COC(=O)c1sccc1S(=O)(=O)NCC#CCOc1ccc(F)cc1F. The number of benzene rings is 1. The topological polar surface area (TPSA) is 81.7 Å². The Balaban J connectivity index is 1.91. The van der Waals surface area contributed by atoms with Crippen LogP contribution in [-0.2, 0) is 14.8 Å². The third kappa shape index (κ3) is 5.01. The van der Waals surface area contributed by atoms with Crippen LogP contribution in [0.1, 0.15) is 9.67 Å². The lowest BCUT2D eigenvalue weighted by Gasteiger charge is -2.04. The van der Waals surface area contributed by atoms with Crippen LogP contribution in [0, 0.1) is 23.5 Å². The molecule has 0 fully saturated rings. The van der Waals surface area contributed by atoms with E-state index < -0.39 is 27.6 Å².